The van der Waals surface area contributed by atoms with E-state index in [1.165, 1.54) is 0 Å². The van der Waals surface area contributed by atoms with Gasteiger partial charge in [0.2, 0.25) is 17.7 Å². The lowest BCUT2D eigenvalue weighted by Crippen LogP contribution is -2.57. The average molecular weight is 494 g/mol. The molecule has 0 aromatic heterocycles. The predicted molar refractivity (Wildman–Crippen MR) is 125 cm³/mol. The highest BCUT2D eigenvalue weighted by atomic mass is 16.4. The fourth-order valence-electron chi connectivity index (χ4n) is 3.00. The van der Waals surface area contributed by atoms with Crippen molar-refractivity contribution in [2.24, 2.45) is 22.2 Å². The number of rotatable bonds is 15. The van der Waals surface area contributed by atoms with Gasteiger partial charge >= 0.3 is 11.9 Å². The van der Waals surface area contributed by atoms with Gasteiger partial charge in [0.1, 0.15) is 18.1 Å². The van der Waals surface area contributed by atoms with Crippen LogP contribution in [0.25, 0.3) is 0 Å². The molecular weight excluding hydrogens is 462 g/mol. The van der Waals surface area contributed by atoms with Gasteiger partial charge < -0.3 is 43.4 Å². The lowest BCUT2D eigenvalue weighted by atomic mass is 10.0. The Hall–Kier alpha value is -4.20. The summed E-state index contributed by atoms with van der Waals surface area (Å²) in [6, 6.07) is 4.35. The molecule has 1 rings (SSSR count). The third-order valence-corrected chi connectivity index (χ3v) is 4.69. The number of guanidine groups is 1. The van der Waals surface area contributed by atoms with Gasteiger partial charge in [0.15, 0.2) is 5.96 Å². The van der Waals surface area contributed by atoms with E-state index >= 15 is 0 Å². The smallest absolute Gasteiger partial charge is 0.326 e. The van der Waals surface area contributed by atoms with Crippen molar-refractivity contribution in [3.8, 4) is 0 Å². The molecule has 0 heterocycles. The summed E-state index contributed by atoms with van der Waals surface area (Å²) in [5.41, 5.74) is 16.4. The SMILES string of the molecule is NCC(=O)NC(CCCN=C(N)N)C(=O)NC(CC(=O)O)C(=O)NC(Cc1ccccc1)C(=O)O. The maximum absolute atomic E-state index is 12.8. The second-order valence-electron chi connectivity index (χ2n) is 7.52. The molecule has 192 valence electrons. The van der Waals surface area contributed by atoms with E-state index in [1.54, 1.807) is 30.3 Å². The topological polar surface area (TPSA) is 252 Å². The van der Waals surface area contributed by atoms with Crippen molar-refractivity contribution in [1.82, 2.24) is 16.0 Å². The zero-order chi connectivity index (χ0) is 26.4. The average Bonchev–Trinajstić information content (AvgIpc) is 2.79. The van der Waals surface area contributed by atoms with Crippen LogP contribution in [-0.2, 0) is 30.4 Å². The van der Waals surface area contributed by atoms with Crippen molar-refractivity contribution >= 4 is 35.6 Å². The number of nitrogens with zero attached hydrogens (tertiary/aromatic N) is 1. The van der Waals surface area contributed by atoms with Crippen LogP contribution in [0.3, 0.4) is 0 Å². The Balaban J connectivity index is 2.96. The molecule has 14 heteroatoms. The van der Waals surface area contributed by atoms with E-state index in [-0.39, 0.29) is 31.8 Å². The number of hydrogen-bond donors (Lipinski definition) is 8. The highest BCUT2D eigenvalue weighted by Gasteiger charge is 2.31. The zero-order valence-electron chi connectivity index (χ0n) is 19.0. The Bertz CT molecular complexity index is 920. The van der Waals surface area contributed by atoms with E-state index in [1.807, 2.05) is 0 Å². The van der Waals surface area contributed by atoms with E-state index in [4.69, 9.17) is 17.2 Å². The van der Waals surface area contributed by atoms with Crippen molar-refractivity contribution in [2.75, 3.05) is 13.1 Å². The molecule has 0 saturated carbocycles. The fourth-order valence-corrected chi connectivity index (χ4v) is 3.00. The van der Waals surface area contributed by atoms with E-state index in [0.29, 0.717) is 5.56 Å². The van der Waals surface area contributed by atoms with Crippen LogP contribution in [0.1, 0.15) is 24.8 Å². The molecule has 0 aliphatic heterocycles. The van der Waals surface area contributed by atoms with Crippen LogP contribution < -0.4 is 33.2 Å². The van der Waals surface area contributed by atoms with Crippen LogP contribution in [0.5, 0.6) is 0 Å². The van der Waals surface area contributed by atoms with Crippen LogP contribution in [0.4, 0.5) is 0 Å². The first-order valence-electron chi connectivity index (χ1n) is 10.7. The summed E-state index contributed by atoms with van der Waals surface area (Å²) in [6.07, 6.45) is -0.549. The minimum atomic E-state index is -1.60. The van der Waals surface area contributed by atoms with E-state index in [9.17, 15) is 34.2 Å². The van der Waals surface area contributed by atoms with E-state index in [0.717, 1.165) is 0 Å². The molecule has 0 radical (unpaired) electrons. The number of carboxylic acid groups (broad SMARTS) is 2. The highest BCUT2D eigenvalue weighted by Crippen LogP contribution is 2.06. The number of hydrogen-bond acceptors (Lipinski definition) is 7. The molecule has 0 spiro atoms. The van der Waals surface area contributed by atoms with Gasteiger partial charge in [-0.3, -0.25) is 24.2 Å². The maximum atomic E-state index is 12.8. The molecule has 0 bridgehead atoms. The summed E-state index contributed by atoms with van der Waals surface area (Å²) < 4.78 is 0. The van der Waals surface area contributed by atoms with Crippen LogP contribution in [0.2, 0.25) is 0 Å². The van der Waals surface area contributed by atoms with Crippen molar-refractivity contribution in [1.29, 1.82) is 0 Å². The number of carbonyl (C=O) groups is 5. The van der Waals surface area contributed by atoms with Crippen LogP contribution in [0, 0.1) is 0 Å². The second-order valence-corrected chi connectivity index (χ2v) is 7.52. The Kier molecular flexibility index (Phi) is 12.2. The summed E-state index contributed by atoms with van der Waals surface area (Å²) in [7, 11) is 0. The molecule has 0 fully saturated rings. The first-order chi connectivity index (χ1) is 16.5. The van der Waals surface area contributed by atoms with Gasteiger partial charge in [-0.25, -0.2) is 4.79 Å². The highest BCUT2D eigenvalue weighted by molar-refractivity contribution is 5.95. The Morgan fingerprint density at radius 3 is 2.03 bits per heavy atom. The molecule has 35 heavy (non-hydrogen) atoms. The maximum Gasteiger partial charge on any atom is 0.326 e. The molecule has 3 unspecified atom stereocenters. The third-order valence-electron chi connectivity index (χ3n) is 4.69. The fraction of sp³-hybridized carbons (Fsp3) is 0.429. The van der Waals surface area contributed by atoms with Crippen molar-refractivity contribution in [3.63, 3.8) is 0 Å². The first kappa shape index (κ1) is 28.8. The largest absolute Gasteiger partial charge is 0.481 e. The predicted octanol–water partition coefficient (Wildman–Crippen LogP) is -2.74. The molecule has 3 amide bonds. The minimum absolute atomic E-state index is 0.0571. The number of benzene rings is 1. The normalized spacial score (nSPS) is 12.9. The Morgan fingerprint density at radius 2 is 1.49 bits per heavy atom. The van der Waals surface area contributed by atoms with Crippen LogP contribution >= 0.6 is 0 Å². The van der Waals surface area contributed by atoms with Gasteiger partial charge in [0.05, 0.1) is 13.0 Å². The van der Waals surface area contributed by atoms with Gasteiger partial charge in [-0.05, 0) is 18.4 Å². The Morgan fingerprint density at radius 1 is 0.886 bits per heavy atom. The summed E-state index contributed by atoms with van der Waals surface area (Å²) in [5.74, 6) is -5.41. The zero-order valence-corrected chi connectivity index (χ0v) is 19.0. The molecule has 14 nitrogen and oxygen atoms in total. The number of aliphatic imine (C=N–C) groups is 1. The molecule has 3 atom stereocenters. The van der Waals surface area contributed by atoms with Crippen LogP contribution in [-0.4, -0.2) is 77.0 Å². The van der Waals surface area contributed by atoms with Crippen molar-refractivity contribution < 1.29 is 34.2 Å². The number of nitrogens with one attached hydrogen (secondary N) is 3. The minimum Gasteiger partial charge on any atom is -0.481 e. The Labute approximate surface area is 201 Å². The molecule has 1 aromatic rings. The van der Waals surface area contributed by atoms with Crippen LogP contribution in [0.15, 0.2) is 35.3 Å². The molecular formula is C21H31N7O7. The van der Waals surface area contributed by atoms with Gasteiger partial charge in [0, 0.05) is 13.0 Å². The van der Waals surface area contributed by atoms with E-state index in [2.05, 4.69) is 20.9 Å². The molecule has 11 N–H and O–H groups in total. The monoisotopic (exact) mass is 493 g/mol. The second kappa shape index (κ2) is 14.8. The third kappa shape index (κ3) is 11.5. The van der Waals surface area contributed by atoms with Gasteiger partial charge in [-0.15, -0.1) is 0 Å². The quantitative estimate of drug-likeness (QED) is 0.0710. The lowest BCUT2D eigenvalue weighted by molar-refractivity contribution is -0.143. The number of amides is 3. The standard InChI is InChI=1S/C21H31N7O7/c22-11-16(29)26-13(7-4-8-25-21(23)24)18(32)27-14(10-17(30)31)19(33)28-15(20(34)35)9-12-5-2-1-3-6-12/h1-3,5-6,13-15H,4,7-11,22H2,(H,26,29)(H,27,32)(H,28,33)(H,30,31)(H,34,35)(H4,23,24,25). The summed E-state index contributed by atoms with van der Waals surface area (Å²) in [5, 5.41) is 25.6. The number of carbonyl (C=O) groups excluding carboxylic acids is 3. The number of carboxylic acids is 2. The molecule has 1 aromatic carbocycles. The lowest BCUT2D eigenvalue weighted by Gasteiger charge is -2.23. The van der Waals surface area contributed by atoms with Gasteiger partial charge in [0.25, 0.3) is 0 Å². The molecule has 0 aliphatic carbocycles. The first-order valence-corrected chi connectivity index (χ1v) is 10.7. The van der Waals surface area contributed by atoms with Crippen molar-refractivity contribution in [3.05, 3.63) is 35.9 Å². The van der Waals surface area contributed by atoms with Gasteiger partial charge in [-0.2, -0.15) is 0 Å². The summed E-state index contributed by atoms with van der Waals surface area (Å²) >= 11 is 0. The van der Waals surface area contributed by atoms with Gasteiger partial charge in [-0.1, -0.05) is 30.3 Å². The number of aliphatic carboxylic acids is 2. The summed E-state index contributed by atoms with van der Waals surface area (Å²) in [4.78, 5) is 64.0. The molecule has 0 saturated heterocycles. The number of nitrogens with two attached hydrogens (primary N) is 3. The van der Waals surface area contributed by atoms with Crippen molar-refractivity contribution in [2.45, 2.75) is 43.8 Å². The van der Waals surface area contributed by atoms with E-state index < -0.39 is 60.8 Å². The summed E-state index contributed by atoms with van der Waals surface area (Å²) in [6.45, 7) is -0.250. The molecule has 0 aliphatic rings.